The summed E-state index contributed by atoms with van der Waals surface area (Å²) < 4.78 is 32.3. The van der Waals surface area contributed by atoms with Crippen molar-refractivity contribution in [1.29, 1.82) is 0 Å². The van der Waals surface area contributed by atoms with E-state index in [0.717, 1.165) is 23.0 Å². The van der Waals surface area contributed by atoms with Gasteiger partial charge in [0.05, 0.1) is 12.8 Å². The predicted molar refractivity (Wildman–Crippen MR) is 86.2 cm³/mol. The number of aryl methyl sites for hydroxylation is 2. The molecule has 0 radical (unpaired) electrons. The van der Waals surface area contributed by atoms with E-state index >= 15 is 0 Å². The number of ether oxygens (including phenoxy) is 1. The molecule has 0 spiro atoms. The zero-order valence-electron chi connectivity index (χ0n) is 13.1. The second-order valence-corrected chi connectivity index (χ2v) is 5.41. The number of halogens is 2. The van der Waals surface area contributed by atoms with Crippen molar-refractivity contribution in [3.8, 4) is 0 Å². The van der Waals surface area contributed by atoms with Gasteiger partial charge in [0.25, 0.3) is 0 Å². The van der Waals surface area contributed by atoms with Crippen LogP contribution < -0.4 is 0 Å². The highest BCUT2D eigenvalue weighted by Crippen LogP contribution is 2.27. The van der Waals surface area contributed by atoms with Gasteiger partial charge in [0, 0.05) is 29.1 Å². The normalized spacial score (nSPS) is 15.8. The van der Waals surface area contributed by atoms with Crippen LogP contribution in [0.1, 0.15) is 22.5 Å². The maximum absolute atomic E-state index is 13.9. The number of rotatable bonds is 3. The molecule has 1 aliphatic rings. The molecule has 0 bridgehead atoms. The maximum atomic E-state index is 13.9. The molecule has 0 atom stereocenters. The van der Waals surface area contributed by atoms with Gasteiger partial charge in [0.2, 0.25) is 0 Å². The minimum atomic E-state index is -0.649. The van der Waals surface area contributed by atoms with E-state index in [1.807, 2.05) is 26.0 Å². The Morgan fingerprint density at radius 3 is 2.57 bits per heavy atom. The highest BCUT2D eigenvalue weighted by atomic mass is 19.1. The van der Waals surface area contributed by atoms with E-state index in [1.165, 1.54) is 19.2 Å². The Hall–Kier alpha value is -2.69. The molecule has 2 aromatic rings. The van der Waals surface area contributed by atoms with Crippen molar-refractivity contribution in [3.63, 3.8) is 0 Å². The highest BCUT2D eigenvalue weighted by molar-refractivity contribution is 6.12. The first-order chi connectivity index (χ1) is 11.0. The molecule has 0 amide bonds. The molecule has 2 heterocycles. The van der Waals surface area contributed by atoms with Crippen molar-refractivity contribution >= 4 is 11.8 Å². The van der Waals surface area contributed by atoms with Gasteiger partial charge >= 0.3 is 0 Å². The Morgan fingerprint density at radius 2 is 1.96 bits per heavy atom. The van der Waals surface area contributed by atoms with Gasteiger partial charge in [-0.25, -0.2) is 13.8 Å². The molecule has 0 saturated heterocycles. The summed E-state index contributed by atoms with van der Waals surface area (Å²) in [6.45, 7) is 3.96. The smallest absolute Gasteiger partial charge is 0.146 e. The van der Waals surface area contributed by atoms with Gasteiger partial charge in [-0.3, -0.25) is 0 Å². The molecule has 1 aromatic carbocycles. The molecule has 3 rings (SSSR count). The van der Waals surface area contributed by atoms with Crippen LogP contribution in [0, 0.1) is 25.5 Å². The summed E-state index contributed by atoms with van der Waals surface area (Å²) in [6.07, 6.45) is 3.50. The minimum absolute atomic E-state index is 0.240. The van der Waals surface area contributed by atoms with Gasteiger partial charge < -0.3 is 9.72 Å². The number of H-pyrrole nitrogens is 1. The van der Waals surface area contributed by atoms with Crippen molar-refractivity contribution in [2.75, 3.05) is 7.11 Å². The first-order valence-electron chi connectivity index (χ1n) is 7.16. The number of nitrogens with one attached hydrogen (secondary N) is 1. The fraction of sp³-hybridized carbons (Fsp3) is 0.167. The van der Waals surface area contributed by atoms with Gasteiger partial charge in [-0.15, -0.1) is 0 Å². The highest BCUT2D eigenvalue weighted by Gasteiger charge is 2.19. The summed E-state index contributed by atoms with van der Waals surface area (Å²) in [6, 6.07) is 5.46. The molecule has 23 heavy (non-hydrogen) atoms. The fourth-order valence-corrected chi connectivity index (χ4v) is 2.55. The molecule has 0 saturated carbocycles. The third kappa shape index (κ3) is 2.95. The predicted octanol–water partition coefficient (Wildman–Crippen LogP) is 4.28. The van der Waals surface area contributed by atoms with Crippen molar-refractivity contribution in [2.24, 2.45) is 4.99 Å². The summed E-state index contributed by atoms with van der Waals surface area (Å²) >= 11 is 0. The monoisotopic (exact) mass is 314 g/mol. The van der Waals surface area contributed by atoms with E-state index in [9.17, 15) is 8.78 Å². The van der Waals surface area contributed by atoms with Crippen LogP contribution in [0.4, 0.5) is 8.78 Å². The average molecular weight is 314 g/mol. The first-order valence-corrected chi connectivity index (χ1v) is 7.16. The van der Waals surface area contributed by atoms with Crippen LogP contribution >= 0.6 is 0 Å². The molecule has 1 aliphatic heterocycles. The SMILES string of the molecule is COC1=CC(c2ccc(F)cc2F)=N/C1=C\c1[nH]c(C)cc1C. The molecular formula is C18H16F2N2O. The fourth-order valence-electron chi connectivity index (χ4n) is 2.55. The Kier molecular flexibility index (Phi) is 3.86. The van der Waals surface area contributed by atoms with Gasteiger partial charge in [0.1, 0.15) is 23.1 Å². The van der Waals surface area contributed by atoms with Gasteiger partial charge in [0.15, 0.2) is 0 Å². The Morgan fingerprint density at radius 1 is 1.17 bits per heavy atom. The lowest BCUT2D eigenvalue weighted by Gasteiger charge is -2.01. The van der Waals surface area contributed by atoms with Crippen molar-refractivity contribution in [1.82, 2.24) is 4.98 Å². The summed E-state index contributed by atoms with van der Waals surface area (Å²) in [5.41, 5.74) is 4.29. The number of allylic oxidation sites excluding steroid dienone is 1. The standard InChI is InChI=1S/C18H16F2N2O/c1-10-6-11(2)21-15(10)8-17-18(23-3)9-16(22-17)13-5-4-12(19)7-14(13)20/h4-9,21H,1-3H3/b17-8-. The zero-order chi connectivity index (χ0) is 16.6. The molecule has 0 fully saturated rings. The van der Waals surface area contributed by atoms with E-state index in [1.54, 1.807) is 6.08 Å². The summed E-state index contributed by atoms with van der Waals surface area (Å²) in [5, 5.41) is 0. The Labute approximate surface area is 133 Å². The first kappa shape index (κ1) is 15.2. The van der Waals surface area contributed by atoms with Crippen LogP contribution in [0.2, 0.25) is 0 Å². The number of hydrogen-bond donors (Lipinski definition) is 1. The summed E-state index contributed by atoms with van der Waals surface area (Å²) in [4.78, 5) is 7.66. The number of aromatic nitrogens is 1. The number of aromatic amines is 1. The van der Waals surface area contributed by atoms with Crippen LogP contribution in [0.5, 0.6) is 0 Å². The Bertz CT molecular complexity index is 860. The zero-order valence-corrected chi connectivity index (χ0v) is 13.1. The van der Waals surface area contributed by atoms with Crippen molar-refractivity contribution in [3.05, 3.63) is 75.9 Å². The molecule has 5 heteroatoms. The molecule has 1 N–H and O–H groups in total. The van der Waals surface area contributed by atoms with Crippen LogP contribution in [-0.2, 0) is 4.74 Å². The van der Waals surface area contributed by atoms with Gasteiger partial charge in [-0.2, -0.15) is 0 Å². The van der Waals surface area contributed by atoms with Gasteiger partial charge in [-0.05, 0) is 43.7 Å². The molecule has 1 aromatic heterocycles. The van der Waals surface area contributed by atoms with E-state index in [4.69, 9.17) is 4.74 Å². The second kappa shape index (κ2) is 5.83. The van der Waals surface area contributed by atoms with E-state index in [0.29, 0.717) is 17.2 Å². The summed E-state index contributed by atoms with van der Waals surface area (Å²) in [7, 11) is 1.53. The molecule has 0 unspecified atom stereocenters. The van der Waals surface area contributed by atoms with E-state index in [2.05, 4.69) is 9.98 Å². The van der Waals surface area contributed by atoms with Crippen LogP contribution in [0.3, 0.4) is 0 Å². The lowest BCUT2D eigenvalue weighted by atomic mass is 10.1. The molecule has 118 valence electrons. The lowest BCUT2D eigenvalue weighted by molar-refractivity contribution is 0.303. The molecule has 3 nitrogen and oxygen atoms in total. The third-order valence-corrected chi connectivity index (χ3v) is 3.66. The number of methoxy groups -OCH3 is 1. The van der Waals surface area contributed by atoms with Crippen molar-refractivity contribution < 1.29 is 13.5 Å². The third-order valence-electron chi connectivity index (χ3n) is 3.66. The van der Waals surface area contributed by atoms with Crippen LogP contribution in [-0.4, -0.2) is 17.8 Å². The number of aliphatic imine (C=N–C) groups is 1. The molecular weight excluding hydrogens is 298 g/mol. The van der Waals surface area contributed by atoms with Crippen LogP contribution in [0.25, 0.3) is 6.08 Å². The van der Waals surface area contributed by atoms with E-state index in [-0.39, 0.29) is 5.56 Å². The molecule has 0 aliphatic carbocycles. The minimum Gasteiger partial charge on any atom is -0.494 e. The number of hydrogen-bond acceptors (Lipinski definition) is 2. The average Bonchev–Trinajstić information content (AvgIpc) is 3.02. The number of nitrogens with zero attached hydrogens (tertiary/aromatic N) is 1. The Balaban J connectivity index is 2.04. The van der Waals surface area contributed by atoms with E-state index < -0.39 is 11.6 Å². The van der Waals surface area contributed by atoms with Crippen LogP contribution in [0.15, 0.2) is 46.8 Å². The maximum Gasteiger partial charge on any atom is 0.146 e. The lowest BCUT2D eigenvalue weighted by Crippen LogP contribution is -1.99. The van der Waals surface area contributed by atoms with Crippen molar-refractivity contribution in [2.45, 2.75) is 13.8 Å². The van der Waals surface area contributed by atoms with Gasteiger partial charge in [-0.1, -0.05) is 0 Å². The largest absolute Gasteiger partial charge is 0.494 e. The topological polar surface area (TPSA) is 37.4 Å². The second-order valence-electron chi connectivity index (χ2n) is 5.41. The summed E-state index contributed by atoms with van der Waals surface area (Å²) in [5.74, 6) is -0.729. The quantitative estimate of drug-likeness (QED) is 0.902. The number of benzene rings is 1.